The Hall–Kier alpha value is -5.75. The number of piperidine rings is 2. The lowest BCUT2D eigenvalue weighted by atomic mass is 10.0. The molecule has 5 aromatic rings. The Morgan fingerprint density at radius 3 is 1.67 bits per heavy atom. The minimum atomic E-state index is 0. The number of carbonyl (C=O) groups excluding carboxylic acids is 1. The molecular formula is C49H56ClN7O. The average Bonchev–Trinajstić information content (AvgIpc) is 3.73. The summed E-state index contributed by atoms with van der Waals surface area (Å²) in [6.07, 6.45) is 8.44. The summed E-state index contributed by atoms with van der Waals surface area (Å²) >= 11 is 0. The molecule has 0 radical (unpaired) electrons. The zero-order chi connectivity index (χ0) is 39.1. The number of carbonyl (C=O) groups is 1. The van der Waals surface area contributed by atoms with Crippen LogP contribution in [0.15, 0.2) is 158 Å². The summed E-state index contributed by atoms with van der Waals surface area (Å²) in [5.74, 6) is 0.173. The van der Waals surface area contributed by atoms with Gasteiger partial charge in [-0.05, 0) is 78.8 Å². The SMILES string of the molecule is Cl.N#Cc1ccc(CN2C=CN(CC(=O)N(Cc3ccccc3)C3CCN(c4ccccc4)CC3)C2)cc1.c1ccc(CNC2CCN(c3ccccc3)CC2)cc1. The van der Waals surface area contributed by atoms with Crippen molar-refractivity contribution in [3.63, 3.8) is 0 Å². The maximum Gasteiger partial charge on any atom is 0.242 e. The number of hydrogen-bond donors (Lipinski definition) is 1. The van der Waals surface area contributed by atoms with Crippen molar-refractivity contribution in [2.45, 2.75) is 57.4 Å². The smallest absolute Gasteiger partial charge is 0.242 e. The molecule has 0 bridgehead atoms. The molecule has 8 rings (SSSR count). The van der Waals surface area contributed by atoms with Gasteiger partial charge in [-0.3, -0.25) is 4.79 Å². The number of rotatable bonds is 12. The zero-order valence-corrected chi connectivity index (χ0v) is 34.2. The van der Waals surface area contributed by atoms with Crippen LogP contribution >= 0.6 is 12.4 Å². The van der Waals surface area contributed by atoms with E-state index in [1.54, 1.807) is 0 Å². The largest absolute Gasteiger partial charge is 0.371 e. The van der Waals surface area contributed by atoms with E-state index in [-0.39, 0.29) is 24.4 Å². The lowest BCUT2D eigenvalue weighted by Crippen LogP contribution is -2.49. The molecule has 3 aliphatic rings. The minimum absolute atomic E-state index is 0. The molecule has 2 saturated heterocycles. The number of nitrogens with one attached hydrogen (secondary N) is 1. The fourth-order valence-corrected chi connectivity index (χ4v) is 8.02. The van der Waals surface area contributed by atoms with Crippen LogP contribution in [0.25, 0.3) is 0 Å². The maximum absolute atomic E-state index is 13.7. The first-order valence-electron chi connectivity index (χ1n) is 20.5. The van der Waals surface area contributed by atoms with Gasteiger partial charge < -0.3 is 29.8 Å². The second-order valence-corrected chi connectivity index (χ2v) is 15.3. The van der Waals surface area contributed by atoms with Crippen LogP contribution in [0.5, 0.6) is 0 Å². The van der Waals surface area contributed by atoms with Gasteiger partial charge in [-0.25, -0.2) is 0 Å². The van der Waals surface area contributed by atoms with E-state index in [2.05, 4.69) is 139 Å². The normalized spacial score (nSPS) is 15.6. The molecule has 0 spiro atoms. The summed E-state index contributed by atoms with van der Waals surface area (Å²) in [4.78, 5) is 25.0. The topological polar surface area (TPSA) is 69.1 Å². The van der Waals surface area contributed by atoms with E-state index < -0.39 is 0 Å². The highest BCUT2D eigenvalue weighted by atomic mass is 35.5. The van der Waals surface area contributed by atoms with Crippen LogP contribution in [0.2, 0.25) is 0 Å². The van der Waals surface area contributed by atoms with Crippen molar-refractivity contribution >= 4 is 29.7 Å². The third-order valence-electron chi connectivity index (χ3n) is 11.3. The average molecular weight is 794 g/mol. The lowest BCUT2D eigenvalue weighted by Gasteiger charge is -2.40. The molecule has 3 aliphatic heterocycles. The minimum Gasteiger partial charge on any atom is -0.371 e. The quantitative estimate of drug-likeness (QED) is 0.136. The highest BCUT2D eigenvalue weighted by Crippen LogP contribution is 2.25. The van der Waals surface area contributed by atoms with E-state index >= 15 is 0 Å². The number of nitrogens with zero attached hydrogens (tertiary/aromatic N) is 6. The fourth-order valence-electron chi connectivity index (χ4n) is 8.02. The van der Waals surface area contributed by atoms with Crippen molar-refractivity contribution in [1.82, 2.24) is 20.0 Å². The van der Waals surface area contributed by atoms with E-state index in [0.717, 1.165) is 57.7 Å². The third kappa shape index (κ3) is 12.1. The van der Waals surface area contributed by atoms with Crippen LogP contribution in [0, 0.1) is 11.3 Å². The van der Waals surface area contributed by atoms with Gasteiger partial charge in [-0.2, -0.15) is 5.26 Å². The number of nitriles is 1. The second kappa shape index (κ2) is 21.7. The molecule has 8 nitrogen and oxygen atoms in total. The molecule has 3 heterocycles. The molecule has 0 aromatic heterocycles. The highest BCUT2D eigenvalue weighted by molar-refractivity contribution is 5.85. The van der Waals surface area contributed by atoms with E-state index in [1.165, 1.54) is 35.3 Å². The summed E-state index contributed by atoms with van der Waals surface area (Å²) < 4.78 is 0. The van der Waals surface area contributed by atoms with Crippen molar-refractivity contribution in [3.8, 4) is 6.07 Å². The van der Waals surface area contributed by atoms with Crippen molar-refractivity contribution < 1.29 is 4.79 Å². The number of hydrogen-bond acceptors (Lipinski definition) is 7. The van der Waals surface area contributed by atoms with Gasteiger partial charge >= 0.3 is 0 Å². The molecule has 58 heavy (non-hydrogen) atoms. The van der Waals surface area contributed by atoms with E-state index in [9.17, 15) is 4.79 Å². The molecule has 2 fully saturated rings. The first kappa shape index (κ1) is 41.9. The zero-order valence-electron chi connectivity index (χ0n) is 33.4. The third-order valence-corrected chi connectivity index (χ3v) is 11.3. The summed E-state index contributed by atoms with van der Waals surface area (Å²) in [5.41, 5.74) is 6.97. The Morgan fingerprint density at radius 1 is 0.621 bits per heavy atom. The predicted octanol–water partition coefficient (Wildman–Crippen LogP) is 8.67. The Balaban J connectivity index is 0.000000228. The van der Waals surface area contributed by atoms with Crippen LogP contribution in [-0.2, 0) is 24.4 Å². The van der Waals surface area contributed by atoms with Crippen LogP contribution in [-0.4, -0.2) is 72.1 Å². The molecule has 300 valence electrons. The van der Waals surface area contributed by atoms with Gasteiger partial charge in [0.25, 0.3) is 0 Å². The number of amides is 1. The van der Waals surface area contributed by atoms with Gasteiger partial charge in [0.2, 0.25) is 5.91 Å². The van der Waals surface area contributed by atoms with Gasteiger partial charge in [0.1, 0.15) is 0 Å². The van der Waals surface area contributed by atoms with Crippen molar-refractivity contribution in [1.29, 1.82) is 5.26 Å². The van der Waals surface area contributed by atoms with E-state index in [4.69, 9.17) is 5.26 Å². The van der Waals surface area contributed by atoms with Gasteiger partial charge in [0.05, 0.1) is 24.8 Å². The second-order valence-electron chi connectivity index (χ2n) is 15.3. The Bertz CT molecular complexity index is 2010. The van der Waals surface area contributed by atoms with Crippen LogP contribution in [0.4, 0.5) is 11.4 Å². The standard InChI is InChI=1S/C31H33N5O.C18H22N2.ClH/c32-21-26-11-13-28(14-12-26)22-33-19-20-34(25-33)24-31(37)36(23-27-7-3-1-4-8-27)30-15-17-35(18-16-30)29-9-5-2-6-10-29;1-3-7-16(8-4-1)15-19-17-11-13-20(14-12-17)18-9-5-2-6-10-18;/h1-14,19-20,30H,15-18,22-25H2;1-10,17,19H,11-15H2;1H. The molecule has 9 heteroatoms. The number of benzene rings is 5. The van der Waals surface area contributed by atoms with Crippen molar-refractivity contribution in [3.05, 3.63) is 180 Å². The van der Waals surface area contributed by atoms with Crippen LogP contribution in [0.1, 0.15) is 47.9 Å². The Morgan fingerprint density at radius 2 is 1.12 bits per heavy atom. The van der Waals surface area contributed by atoms with Gasteiger partial charge in [0.15, 0.2) is 0 Å². The lowest BCUT2D eigenvalue weighted by molar-refractivity contribution is -0.135. The summed E-state index contributed by atoms with van der Waals surface area (Å²) in [6.45, 7) is 7.62. The molecule has 1 N–H and O–H groups in total. The monoisotopic (exact) mass is 793 g/mol. The number of anilines is 2. The Kier molecular flexibility index (Phi) is 15.7. The summed E-state index contributed by atoms with van der Waals surface area (Å²) in [5, 5.41) is 12.7. The highest BCUT2D eigenvalue weighted by Gasteiger charge is 2.29. The van der Waals surface area contributed by atoms with Gasteiger partial charge in [-0.15, -0.1) is 12.4 Å². The number of para-hydroxylation sites is 2. The first-order valence-corrected chi connectivity index (χ1v) is 20.5. The first-order chi connectivity index (χ1) is 28.1. The molecule has 0 unspecified atom stereocenters. The van der Waals surface area contributed by atoms with Crippen LogP contribution < -0.4 is 15.1 Å². The van der Waals surface area contributed by atoms with E-state index in [1.807, 2.05) is 54.9 Å². The van der Waals surface area contributed by atoms with Crippen molar-refractivity contribution in [2.24, 2.45) is 0 Å². The molecule has 5 aromatic carbocycles. The number of halogens is 1. The summed E-state index contributed by atoms with van der Waals surface area (Å²) in [6, 6.07) is 53.0. The summed E-state index contributed by atoms with van der Waals surface area (Å²) in [7, 11) is 0. The van der Waals surface area contributed by atoms with Crippen molar-refractivity contribution in [2.75, 3.05) is 49.2 Å². The Labute approximate surface area is 351 Å². The van der Waals surface area contributed by atoms with Crippen LogP contribution in [0.3, 0.4) is 0 Å². The molecule has 0 atom stereocenters. The molecule has 0 aliphatic carbocycles. The molecule has 0 saturated carbocycles. The molecule has 1 amide bonds. The fraction of sp³-hybridized carbons (Fsp3) is 0.306. The van der Waals surface area contributed by atoms with E-state index in [0.29, 0.717) is 31.4 Å². The maximum atomic E-state index is 13.7. The predicted molar refractivity (Wildman–Crippen MR) is 238 cm³/mol. The van der Waals surface area contributed by atoms with Gasteiger partial charge in [-0.1, -0.05) is 109 Å². The molecular weight excluding hydrogens is 738 g/mol. The van der Waals surface area contributed by atoms with Gasteiger partial charge in [0, 0.05) is 81.7 Å².